The third-order valence-electron chi connectivity index (χ3n) is 13.5. The molecule has 0 bridgehead atoms. The first-order valence-corrected chi connectivity index (χ1v) is 27.7. The molecule has 2 N–H and O–H groups in total. The van der Waals surface area contributed by atoms with Crippen molar-refractivity contribution in [3.63, 3.8) is 0 Å². The summed E-state index contributed by atoms with van der Waals surface area (Å²) in [5.74, 6) is -1.21. The van der Waals surface area contributed by atoms with Gasteiger partial charge >= 0.3 is 35.8 Å². The van der Waals surface area contributed by atoms with Crippen LogP contribution in [0.1, 0.15) is 108 Å². The van der Waals surface area contributed by atoms with Crippen molar-refractivity contribution in [2.24, 2.45) is 23.7 Å². The molecule has 2 saturated carbocycles. The highest BCUT2D eigenvalue weighted by Gasteiger charge is 2.34. The Morgan fingerprint density at radius 1 is 0.500 bits per heavy atom. The van der Waals surface area contributed by atoms with Crippen LogP contribution in [0.2, 0.25) is 0 Å². The molecule has 0 unspecified atom stereocenters. The Bertz CT molecular complexity index is 2750. The lowest BCUT2D eigenvalue weighted by Crippen LogP contribution is -2.31. The lowest BCUT2D eigenvalue weighted by Gasteiger charge is -2.26. The van der Waals surface area contributed by atoms with Gasteiger partial charge in [-0.1, -0.05) is 36.6 Å². The number of hydrogen-bond donors (Lipinski definition) is 2. The Morgan fingerprint density at radius 3 is 1.37 bits per heavy atom. The first-order chi connectivity index (χ1) is 38.0. The van der Waals surface area contributed by atoms with Crippen LogP contribution in [0.15, 0.2) is 116 Å². The molecule has 0 spiro atoms. The summed E-state index contributed by atoms with van der Waals surface area (Å²) in [5, 5.41) is 0.643. The van der Waals surface area contributed by atoms with Gasteiger partial charge in [-0.2, -0.15) is 0 Å². The first-order valence-electron chi connectivity index (χ1n) is 26.9. The summed E-state index contributed by atoms with van der Waals surface area (Å²) >= 11 is 1.48. The Kier molecular flexibility index (Phi) is 23.1. The summed E-state index contributed by atoms with van der Waals surface area (Å²) < 4.78 is 46.0. The van der Waals surface area contributed by atoms with Crippen molar-refractivity contribution in [3.05, 3.63) is 122 Å². The smallest absolute Gasteiger partial charge is 0.330 e. The number of nitrogens with zero attached hydrogens (tertiary/aromatic N) is 1. The molecular formula is C60H69N3O14S. The van der Waals surface area contributed by atoms with E-state index in [2.05, 4.69) is 29.0 Å². The maximum atomic E-state index is 13.7. The summed E-state index contributed by atoms with van der Waals surface area (Å²) in [6.45, 7) is 8.76. The van der Waals surface area contributed by atoms with Crippen LogP contribution in [0, 0.1) is 23.7 Å². The van der Waals surface area contributed by atoms with Crippen LogP contribution in [0.5, 0.6) is 34.5 Å². The second kappa shape index (κ2) is 31.0. The molecule has 2 aliphatic carbocycles. The van der Waals surface area contributed by atoms with Crippen molar-refractivity contribution in [3.8, 4) is 34.5 Å². The molecule has 0 radical (unpaired) electrons. The highest BCUT2D eigenvalue weighted by Crippen LogP contribution is 2.35. The van der Waals surface area contributed by atoms with E-state index < -0.39 is 35.7 Å². The molecule has 2 fully saturated rings. The van der Waals surface area contributed by atoms with Crippen molar-refractivity contribution >= 4 is 62.5 Å². The zero-order valence-corrected chi connectivity index (χ0v) is 44.8. The topological polar surface area (TPSA) is 213 Å². The van der Waals surface area contributed by atoms with Crippen LogP contribution in [0.3, 0.4) is 0 Å². The van der Waals surface area contributed by atoms with Gasteiger partial charge in [0, 0.05) is 24.3 Å². The predicted octanol–water partition coefficient (Wildman–Crippen LogP) is 11.4. The first kappa shape index (κ1) is 58.1. The second-order valence-corrected chi connectivity index (χ2v) is 20.3. The Labute approximate surface area is 458 Å². The predicted molar refractivity (Wildman–Crippen MR) is 293 cm³/mol. The maximum Gasteiger partial charge on any atom is 0.330 e. The molecule has 2 aliphatic rings. The van der Waals surface area contributed by atoms with E-state index in [-0.39, 0.29) is 36.1 Å². The largest absolute Gasteiger partial charge is 0.494 e. The molecule has 0 aliphatic heterocycles. The van der Waals surface area contributed by atoms with Crippen molar-refractivity contribution in [1.82, 2.24) is 10.4 Å². The van der Waals surface area contributed by atoms with Crippen molar-refractivity contribution in [2.45, 2.75) is 109 Å². The fourth-order valence-electron chi connectivity index (χ4n) is 9.08. The molecule has 5 aromatic rings. The van der Waals surface area contributed by atoms with E-state index in [1.54, 1.807) is 66.7 Å². The molecule has 0 atom stereocenters. The van der Waals surface area contributed by atoms with Gasteiger partial charge in [-0.25, -0.2) is 20.0 Å². The standard InChI is InChI=1S/C60H69N3O14S/c1-3-54(64)72-37-13-7-5-11-35-70-46-25-29-48(30-26-46)74-56(66)41-17-19-43(20-18-41)58(68)76-50-33-34-52(45(39-50)40-61-63-60-62-51-15-9-10-16-53(51)78-60)77-59(69)44-23-21-42(22-24-44)57(67)75-49-31-27-47(28-32-49)71-36-12-6-8-14-38-73-55(65)4-2/h3-4,9-10,15-16,25-34,39,41-44,61H,1-2,5-8,11-14,17-24,35-38,40H2,(H,62,63). The Hall–Kier alpha value is -7.57. The number of aromatic nitrogens is 1. The zero-order chi connectivity index (χ0) is 54.9. The minimum atomic E-state index is -0.436. The van der Waals surface area contributed by atoms with E-state index >= 15 is 0 Å². The third kappa shape index (κ3) is 18.9. The van der Waals surface area contributed by atoms with Gasteiger partial charge in [-0.15, -0.1) is 0 Å². The zero-order valence-electron chi connectivity index (χ0n) is 44.0. The lowest BCUT2D eigenvalue weighted by atomic mass is 9.82. The normalized spacial score (nSPS) is 16.9. The monoisotopic (exact) mass is 1090 g/mol. The molecule has 17 nitrogen and oxygen atoms in total. The van der Waals surface area contributed by atoms with Crippen LogP contribution in [0.25, 0.3) is 10.2 Å². The van der Waals surface area contributed by atoms with Gasteiger partial charge in [-0.05, 0) is 182 Å². The molecule has 0 amide bonds. The third-order valence-corrected chi connectivity index (χ3v) is 14.5. The van der Waals surface area contributed by atoms with Crippen LogP contribution >= 0.6 is 11.3 Å². The fourth-order valence-corrected chi connectivity index (χ4v) is 9.92. The number of para-hydroxylation sites is 1. The van der Waals surface area contributed by atoms with E-state index in [0.29, 0.717) is 117 Å². The summed E-state index contributed by atoms with van der Waals surface area (Å²) in [5.41, 5.74) is 7.71. The highest BCUT2D eigenvalue weighted by atomic mass is 32.1. The molecule has 78 heavy (non-hydrogen) atoms. The minimum absolute atomic E-state index is 0.176. The van der Waals surface area contributed by atoms with Crippen molar-refractivity contribution in [2.75, 3.05) is 31.9 Å². The van der Waals surface area contributed by atoms with Gasteiger partial charge in [-0.3, -0.25) is 24.6 Å². The number of ether oxygens (including phenoxy) is 8. The van der Waals surface area contributed by atoms with Gasteiger partial charge in [0.25, 0.3) is 0 Å². The Morgan fingerprint density at radius 2 is 0.910 bits per heavy atom. The average Bonchev–Trinajstić information content (AvgIpc) is 3.90. The minimum Gasteiger partial charge on any atom is -0.494 e. The molecule has 4 aromatic carbocycles. The van der Waals surface area contributed by atoms with E-state index in [4.69, 9.17) is 37.9 Å². The van der Waals surface area contributed by atoms with Crippen LogP contribution in [-0.2, 0) is 44.8 Å². The van der Waals surface area contributed by atoms with Crippen LogP contribution in [-0.4, -0.2) is 67.2 Å². The van der Waals surface area contributed by atoms with Crippen LogP contribution < -0.4 is 39.3 Å². The van der Waals surface area contributed by atoms with Gasteiger partial charge in [0.05, 0.1) is 60.3 Å². The molecule has 7 rings (SSSR count). The molecule has 414 valence electrons. The van der Waals surface area contributed by atoms with E-state index in [1.165, 1.54) is 11.3 Å². The lowest BCUT2D eigenvalue weighted by molar-refractivity contribution is -0.145. The quantitative estimate of drug-likeness (QED) is 0.0144. The molecule has 1 aromatic heterocycles. The number of carbonyl (C=O) groups is 6. The van der Waals surface area contributed by atoms with Gasteiger partial charge < -0.3 is 37.9 Å². The number of thiazole rings is 1. The van der Waals surface area contributed by atoms with Gasteiger partial charge in [0.15, 0.2) is 5.13 Å². The summed E-state index contributed by atoms with van der Waals surface area (Å²) in [4.78, 5) is 80.5. The van der Waals surface area contributed by atoms with Gasteiger partial charge in [0.2, 0.25) is 0 Å². The molecule has 1 heterocycles. The molecule has 18 heteroatoms. The number of nitrogens with one attached hydrogen (secondary N) is 2. The van der Waals surface area contributed by atoms with E-state index in [1.807, 2.05) is 24.3 Å². The SMILES string of the molecule is C=CC(=O)OCCCCCCOc1ccc(OC(=O)C2CCC(C(=O)Oc3ccc(OC(=O)C4CCC(C(=O)Oc5ccc(OCCCCCCOC(=O)C=C)cc5)CC4)c(CNNc4nc5ccccc5s4)c3)CC2)cc1. The number of carbonyl (C=O) groups excluding carboxylic acids is 6. The number of benzene rings is 4. The maximum absolute atomic E-state index is 13.7. The summed E-state index contributed by atoms with van der Waals surface area (Å²) in [6, 6.07) is 26.5. The number of fused-ring (bicyclic) bond motifs is 1. The summed E-state index contributed by atoms with van der Waals surface area (Å²) in [7, 11) is 0. The number of esters is 6. The van der Waals surface area contributed by atoms with Crippen molar-refractivity contribution in [1.29, 1.82) is 0 Å². The van der Waals surface area contributed by atoms with E-state index in [0.717, 1.165) is 73.7 Å². The van der Waals surface area contributed by atoms with Crippen LogP contribution in [0.4, 0.5) is 5.13 Å². The number of anilines is 1. The molecule has 0 saturated heterocycles. The van der Waals surface area contributed by atoms with Gasteiger partial charge in [0.1, 0.15) is 34.5 Å². The molecular weight excluding hydrogens is 1020 g/mol. The average molecular weight is 1090 g/mol. The number of hydrogen-bond acceptors (Lipinski definition) is 18. The van der Waals surface area contributed by atoms with Crippen molar-refractivity contribution < 1.29 is 66.7 Å². The Balaban J connectivity index is 0.844. The number of rotatable bonds is 30. The number of hydrazine groups is 1. The fraction of sp³-hybridized carbons (Fsp3) is 0.417. The summed E-state index contributed by atoms with van der Waals surface area (Å²) in [6.07, 6.45) is 12.9. The second-order valence-electron chi connectivity index (χ2n) is 19.2. The highest BCUT2D eigenvalue weighted by molar-refractivity contribution is 7.22. The van der Waals surface area contributed by atoms with E-state index in [9.17, 15) is 28.8 Å². The number of unbranched alkanes of at least 4 members (excludes halogenated alkanes) is 6.